The van der Waals surface area contributed by atoms with Crippen molar-refractivity contribution in [3.8, 4) is 0 Å². The standard InChI is InChI=1S/C18H19NO4S/c1-10-16(12(3)20)11(2)19-17(10)14(21)9-23-18(22)13-7-5-6-8-15(13)24-4/h5-8,19H,9H2,1-4H3. The summed E-state index contributed by atoms with van der Waals surface area (Å²) in [5.41, 5.74) is 2.48. The lowest BCUT2D eigenvalue weighted by Gasteiger charge is -2.07. The molecule has 24 heavy (non-hydrogen) atoms. The molecule has 0 aliphatic carbocycles. The molecule has 0 radical (unpaired) electrons. The Labute approximate surface area is 144 Å². The van der Waals surface area contributed by atoms with E-state index in [0.717, 1.165) is 4.90 Å². The summed E-state index contributed by atoms with van der Waals surface area (Å²) in [7, 11) is 0. The van der Waals surface area contributed by atoms with Crippen molar-refractivity contribution < 1.29 is 19.1 Å². The molecule has 6 heteroatoms. The Hall–Kier alpha value is -2.34. The summed E-state index contributed by atoms with van der Waals surface area (Å²) in [4.78, 5) is 39.8. The van der Waals surface area contributed by atoms with Crippen LogP contribution in [0.25, 0.3) is 0 Å². The van der Waals surface area contributed by atoms with Gasteiger partial charge in [0.1, 0.15) is 0 Å². The molecule has 0 saturated heterocycles. The molecule has 1 heterocycles. The van der Waals surface area contributed by atoms with Crippen LogP contribution in [0.5, 0.6) is 0 Å². The van der Waals surface area contributed by atoms with Gasteiger partial charge in [0, 0.05) is 16.2 Å². The van der Waals surface area contributed by atoms with Gasteiger partial charge in [-0.15, -0.1) is 11.8 Å². The maximum absolute atomic E-state index is 12.3. The number of H-pyrrole nitrogens is 1. The van der Waals surface area contributed by atoms with Crippen molar-refractivity contribution in [2.45, 2.75) is 25.7 Å². The number of carbonyl (C=O) groups excluding carboxylic acids is 3. The molecule has 126 valence electrons. The van der Waals surface area contributed by atoms with Crippen LogP contribution in [0.3, 0.4) is 0 Å². The number of esters is 1. The van der Waals surface area contributed by atoms with E-state index < -0.39 is 5.97 Å². The minimum absolute atomic E-state index is 0.105. The summed E-state index contributed by atoms with van der Waals surface area (Å²) in [6, 6.07) is 7.06. The number of ether oxygens (including phenoxy) is 1. The van der Waals surface area contributed by atoms with Gasteiger partial charge in [-0.1, -0.05) is 12.1 Å². The third-order valence-corrected chi connectivity index (χ3v) is 4.53. The van der Waals surface area contributed by atoms with Crippen molar-refractivity contribution >= 4 is 29.3 Å². The molecular formula is C18H19NO4S. The molecule has 2 rings (SSSR count). The number of thioether (sulfide) groups is 1. The van der Waals surface area contributed by atoms with Crippen LogP contribution in [0.15, 0.2) is 29.2 Å². The number of ketones is 2. The van der Waals surface area contributed by atoms with Crippen LogP contribution in [0.2, 0.25) is 0 Å². The average molecular weight is 345 g/mol. The van der Waals surface area contributed by atoms with E-state index in [4.69, 9.17) is 4.74 Å². The van der Waals surface area contributed by atoms with Crippen molar-refractivity contribution in [1.29, 1.82) is 0 Å². The highest BCUT2D eigenvalue weighted by Crippen LogP contribution is 2.21. The van der Waals surface area contributed by atoms with Gasteiger partial charge in [-0.25, -0.2) is 4.79 Å². The van der Waals surface area contributed by atoms with Crippen LogP contribution in [0.1, 0.15) is 49.4 Å². The first-order chi connectivity index (χ1) is 11.4. The van der Waals surface area contributed by atoms with E-state index in [1.54, 1.807) is 26.0 Å². The average Bonchev–Trinajstić information content (AvgIpc) is 2.86. The van der Waals surface area contributed by atoms with Crippen molar-refractivity contribution in [2.24, 2.45) is 0 Å². The lowest BCUT2D eigenvalue weighted by Crippen LogP contribution is -2.16. The molecule has 0 bridgehead atoms. The molecule has 0 unspecified atom stereocenters. The highest BCUT2D eigenvalue weighted by atomic mass is 32.2. The summed E-state index contributed by atoms with van der Waals surface area (Å²) < 4.78 is 5.14. The lowest BCUT2D eigenvalue weighted by atomic mass is 10.1. The molecule has 0 atom stereocenters. The number of carbonyl (C=O) groups is 3. The van der Waals surface area contributed by atoms with Gasteiger partial charge in [0.05, 0.1) is 11.3 Å². The van der Waals surface area contributed by atoms with Crippen LogP contribution < -0.4 is 0 Å². The molecule has 1 aromatic carbocycles. The Balaban J connectivity index is 2.13. The second-order valence-corrected chi connectivity index (χ2v) is 6.23. The number of aromatic nitrogens is 1. The third kappa shape index (κ3) is 3.59. The first kappa shape index (κ1) is 18.0. The van der Waals surface area contributed by atoms with Crippen molar-refractivity contribution in [3.05, 3.63) is 52.3 Å². The van der Waals surface area contributed by atoms with Crippen LogP contribution in [0, 0.1) is 13.8 Å². The number of benzene rings is 1. The van der Waals surface area contributed by atoms with Gasteiger partial charge >= 0.3 is 5.97 Å². The monoisotopic (exact) mass is 345 g/mol. The van der Waals surface area contributed by atoms with Gasteiger partial charge in [0.25, 0.3) is 0 Å². The highest BCUT2D eigenvalue weighted by molar-refractivity contribution is 7.98. The van der Waals surface area contributed by atoms with E-state index in [1.807, 2.05) is 18.4 Å². The first-order valence-corrected chi connectivity index (χ1v) is 8.62. The van der Waals surface area contributed by atoms with E-state index in [0.29, 0.717) is 28.1 Å². The Morgan fingerprint density at radius 2 is 1.83 bits per heavy atom. The van der Waals surface area contributed by atoms with Gasteiger partial charge in [0.2, 0.25) is 5.78 Å². The van der Waals surface area contributed by atoms with E-state index in [9.17, 15) is 14.4 Å². The smallest absolute Gasteiger partial charge is 0.339 e. The number of nitrogens with one attached hydrogen (secondary N) is 1. The zero-order valence-corrected chi connectivity index (χ0v) is 14.9. The molecule has 0 aliphatic rings. The van der Waals surface area contributed by atoms with Crippen LogP contribution >= 0.6 is 11.8 Å². The minimum atomic E-state index is -0.541. The van der Waals surface area contributed by atoms with E-state index >= 15 is 0 Å². The number of aromatic amines is 1. The van der Waals surface area contributed by atoms with Crippen LogP contribution in [-0.4, -0.2) is 35.4 Å². The predicted octanol–water partition coefficient (Wildman–Crippen LogP) is 3.60. The molecule has 0 fully saturated rings. The number of aryl methyl sites for hydroxylation is 1. The second-order valence-electron chi connectivity index (χ2n) is 5.38. The van der Waals surface area contributed by atoms with E-state index in [1.165, 1.54) is 18.7 Å². The summed E-state index contributed by atoms with van der Waals surface area (Å²) in [5, 5.41) is 0. The second kappa shape index (κ2) is 7.49. The largest absolute Gasteiger partial charge is 0.454 e. The molecule has 1 N–H and O–H groups in total. The number of rotatable bonds is 6. The fourth-order valence-corrected chi connectivity index (χ4v) is 3.24. The Morgan fingerprint density at radius 1 is 1.17 bits per heavy atom. The Morgan fingerprint density at radius 3 is 2.42 bits per heavy atom. The molecule has 0 amide bonds. The van der Waals surface area contributed by atoms with E-state index in [2.05, 4.69) is 4.98 Å². The van der Waals surface area contributed by atoms with Gasteiger partial charge < -0.3 is 9.72 Å². The molecule has 1 aromatic heterocycles. The molecular weight excluding hydrogens is 326 g/mol. The SMILES string of the molecule is CSc1ccccc1C(=O)OCC(=O)c1[nH]c(C)c(C(C)=O)c1C. The summed E-state index contributed by atoms with van der Waals surface area (Å²) in [6.07, 6.45) is 1.87. The fourth-order valence-electron chi connectivity index (χ4n) is 2.65. The summed E-state index contributed by atoms with van der Waals surface area (Å²) in [5.74, 6) is -1.01. The summed E-state index contributed by atoms with van der Waals surface area (Å²) >= 11 is 1.44. The number of hydrogen-bond acceptors (Lipinski definition) is 5. The van der Waals surface area contributed by atoms with Crippen LogP contribution in [-0.2, 0) is 4.74 Å². The van der Waals surface area contributed by atoms with Crippen molar-refractivity contribution in [3.63, 3.8) is 0 Å². The molecule has 5 nitrogen and oxygen atoms in total. The zero-order valence-electron chi connectivity index (χ0n) is 14.1. The Kier molecular flexibility index (Phi) is 5.62. The topological polar surface area (TPSA) is 76.2 Å². The lowest BCUT2D eigenvalue weighted by molar-refractivity contribution is 0.0470. The molecule has 0 aliphatic heterocycles. The maximum Gasteiger partial charge on any atom is 0.339 e. The molecule has 0 saturated carbocycles. The molecule has 0 spiro atoms. The van der Waals surface area contributed by atoms with Crippen molar-refractivity contribution in [2.75, 3.05) is 12.9 Å². The summed E-state index contributed by atoms with van der Waals surface area (Å²) in [6.45, 7) is 4.52. The Bertz CT molecular complexity index is 807. The van der Waals surface area contributed by atoms with E-state index in [-0.39, 0.29) is 18.2 Å². The predicted molar refractivity (Wildman–Crippen MR) is 93.1 cm³/mol. The zero-order chi connectivity index (χ0) is 17.9. The normalized spacial score (nSPS) is 10.5. The first-order valence-electron chi connectivity index (χ1n) is 7.40. The van der Waals surface area contributed by atoms with Gasteiger partial charge in [-0.05, 0) is 44.7 Å². The van der Waals surface area contributed by atoms with Crippen LogP contribution in [0.4, 0.5) is 0 Å². The quantitative estimate of drug-likeness (QED) is 0.492. The number of Topliss-reactive ketones (excluding diaryl/α,β-unsaturated/α-hetero) is 2. The highest BCUT2D eigenvalue weighted by Gasteiger charge is 2.21. The van der Waals surface area contributed by atoms with Gasteiger partial charge in [-0.2, -0.15) is 0 Å². The van der Waals surface area contributed by atoms with Crippen molar-refractivity contribution in [1.82, 2.24) is 4.98 Å². The minimum Gasteiger partial charge on any atom is -0.454 e. The fraction of sp³-hybridized carbons (Fsp3) is 0.278. The van der Waals surface area contributed by atoms with Gasteiger partial charge in [0.15, 0.2) is 12.4 Å². The molecule has 2 aromatic rings. The third-order valence-electron chi connectivity index (χ3n) is 3.73. The van der Waals surface area contributed by atoms with Gasteiger partial charge in [-0.3, -0.25) is 9.59 Å². The number of hydrogen-bond donors (Lipinski definition) is 1. The maximum atomic E-state index is 12.3.